The Morgan fingerprint density at radius 2 is 1.74 bits per heavy atom. The van der Waals surface area contributed by atoms with E-state index in [2.05, 4.69) is 9.97 Å². The summed E-state index contributed by atoms with van der Waals surface area (Å²) in [6.07, 6.45) is 1.72. The molecule has 4 heterocycles. The van der Waals surface area contributed by atoms with Crippen molar-refractivity contribution in [2.24, 2.45) is 0 Å². The zero-order valence-electron chi connectivity index (χ0n) is 17.1. The SMILES string of the molecule is [2H]C([2H])([2H])c1ccc2c(n1)oc1c(-c3cc4c(cn3)oc3ccccc34)cccc12. The normalized spacial score (nSPS) is 14.0. The van der Waals surface area contributed by atoms with E-state index in [1.54, 1.807) is 12.3 Å². The molecule has 128 valence electrons. The zero-order valence-corrected chi connectivity index (χ0v) is 14.1. The molecule has 6 rings (SSSR count). The van der Waals surface area contributed by atoms with Gasteiger partial charge < -0.3 is 8.83 Å². The number of fused-ring (bicyclic) bond motifs is 6. The Labute approximate surface area is 158 Å². The highest BCUT2D eigenvalue weighted by Gasteiger charge is 2.15. The number of pyridine rings is 2. The van der Waals surface area contributed by atoms with Crippen LogP contribution in [0.4, 0.5) is 0 Å². The van der Waals surface area contributed by atoms with Crippen molar-refractivity contribution in [3.8, 4) is 11.3 Å². The third kappa shape index (κ3) is 2.04. The minimum atomic E-state index is -2.29. The van der Waals surface area contributed by atoms with E-state index in [0.717, 1.165) is 44.0 Å². The second-order valence-electron chi connectivity index (χ2n) is 6.50. The number of benzene rings is 2. The number of furan rings is 2. The second kappa shape index (κ2) is 5.17. The van der Waals surface area contributed by atoms with Crippen molar-refractivity contribution in [2.75, 3.05) is 0 Å². The Morgan fingerprint density at radius 1 is 0.815 bits per heavy atom. The molecule has 6 aromatic rings. The molecule has 0 aliphatic rings. The van der Waals surface area contributed by atoms with Gasteiger partial charge in [-0.2, -0.15) is 0 Å². The fourth-order valence-electron chi connectivity index (χ4n) is 3.66. The van der Waals surface area contributed by atoms with Crippen LogP contribution in [0.5, 0.6) is 0 Å². The number of para-hydroxylation sites is 2. The van der Waals surface area contributed by atoms with E-state index < -0.39 is 6.85 Å². The fraction of sp³-hybridized carbons (Fsp3) is 0.0435. The zero-order chi connectivity index (χ0) is 20.5. The molecule has 0 unspecified atom stereocenters. The summed E-state index contributed by atoms with van der Waals surface area (Å²) in [5.74, 6) is 0. The number of nitrogens with zero attached hydrogens (tertiary/aromatic N) is 2. The van der Waals surface area contributed by atoms with Gasteiger partial charge in [-0.25, -0.2) is 4.98 Å². The first-order valence-electron chi connectivity index (χ1n) is 10.1. The fourth-order valence-corrected chi connectivity index (χ4v) is 3.66. The van der Waals surface area contributed by atoms with Crippen LogP contribution in [0.15, 0.2) is 75.7 Å². The standard InChI is InChI=1S/C23H14N2O2/c1-13-9-10-16-15-6-4-7-17(22(15)27-23(16)25-13)19-11-18-14-5-2-3-8-20(14)26-21(18)12-24-19/h2-12H,1H3/i1D3. The molecule has 0 aliphatic carbocycles. The van der Waals surface area contributed by atoms with Crippen LogP contribution in [0, 0.1) is 6.85 Å². The monoisotopic (exact) mass is 353 g/mol. The van der Waals surface area contributed by atoms with Crippen LogP contribution in [0.2, 0.25) is 0 Å². The highest BCUT2D eigenvalue weighted by atomic mass is 16.3. The predicted molar refractivity (Wildman–Crippen MR) is 107 cm³/mol. The van der Waals surface area contributed by atoms with E-state index in [0.29, 0.717) is 11.3 Å². The van der Waals surface area contributed by atoms with Crippen molar-refractivity contribution < 1.29 is 12.9 Å². The Balaban J connectivity index is 1.61. The predicted octanol–water partition coefficient (Wildman–Crippen LogP) is 6.25. The molecule has 0 fully saturated rings. The van der Waals surface area contributed by atoms with E-state index in [4.69, 9.17) is 12.9 Å². The van der Waals surface area contributed by atoms with Gasteiger partial charge in [0, 0.05) is 36.9 Å². The van der Waals surface area contributed by atoms with Gasteiger partial charge in [-0.05, 0) is 37.2 Å². The van der Waals surface area contributed by atoms with Crippen LogP contribution in [0.25, 0.3) is 55.3 Å². The summed E-state index contributed by atoms with van der Waals surface area (Å²) in [6.45, 7) is -2.29. The quantitative estimate of drug-likeness (QED) is 0.350. The molecule has 27 heavy (non-hydrogen) atoms. The lowest BCUT2D eigenvalue weighted by atomic mass is 10.1. The Hall–Kier alpha value is -3.66. The molecular formula is C23H14N2O2. The first-order chi connectivity index (χ1) is 14.5. The maximum atomic E-state index is 7.60. The lowest BCUT2D eigenvalue weighted by Crippen LogP contribution is -1.83. The van der Waals surface area contributed by atoms with E-state index in [1.807, 2.05) is 48.5 Å². The average molecular weight is 353 g/mol. The van der Waals surface area contributed by atoms with Crippen LogP contribution >= 0.6 is 0 Å². The van der Waals surface area contributed by atoms with Crippen molar-refractivity contribution in [1.82, 2.24) is 9.97 Å². The number of aromatic nitrogens is 2. The highest BCUT2D eigenvalue weighted by Crippen LogP contribution is 2.36. The summed E-state index contributed by atoms with van der Waals surface area (Å²) < 4.78 is 34.7. The number of rotatable bonds is 1. The number of aryl methyl sites for hydroxylation is 1. The molecular weight excluding hydrogens is 336 g/mol. The lowest BCUT2D eigenvalue weighted by Gasteiger charge is -2.02. The molecule has 0 N–H and O–H groups in total. The van der Waals surface area contributed by atoms with Gasteiger partial charge in [-0.1, -0.05) is 30.3 Å². The summed E-state index contributed by atoms with van der Waals surface area (Å²) in [5.41, 5.74) is 4.04. The van der Waals surface area contributed by atoms with Gasteiger partial charge in [-0.15, -0.1) is 0 Å². The summed E-state index contributed by atoms with van der Waals surface area (Å²) in [4.78, 5) is 8.82. The molecule has 0 amide bonds. The summed E-state index contributed by atoms with van der Waals surface area (Å²) >= 11 is 0. The maximum absolute atomic E-state index is 7.60. The van der Waals surface area contributed by atoms with Crippen LogP contribution in [-0.2, 0) is 0 Å². The molecule has 0 saturated heterocycles. The van der Waals surface area contributed by atoms with E-state index >= 15 is 0 Å². The molecule has 0 bridgehead atoms. The van der Waals surface area contributed by atoms with Crippen LogP contribution in [0.3, 0.4) is 0 Å². The van der Waals surface area contributed by atoms with Crippen LogP contribution in [0.1, 0.15) is 9.81 Å². The maximum Gasteiger partial charge on any atom is 0.227 e. The van der Waals surface area contributed by atoms with Gasteiger partial charge in [0.15, 0.2) is 5.58 Å². The molecule has 0 spiro atoms. The third-order valence-electron chi connectivity index (χ3n) is 4.90. The second-order valence-corrected chi connectivity index (χ2v) is 6.50. The topological polar surface area (TPSA) is 52.1 Å². The van der Waals surface area contributed by atoms with Crippen molar-refractivity contribution in [3.05, 3.63) is 72.6 Å². The lowest BCUT2D eigenvalue weighted by molar-refractivity contribution is 0.653. The minimum absolute atomic E-state index is 0.0139. The first-order valence-corrected chi connectivity index (χ1v) is 8.59. The van der Waals surface area contributed by atoms with E-state index in [9.17, 15) is 0 Å². The average Bonchev–Trinajstić information content (AvgIpc) is 3.30. The van der Waals surface area contributed by atoms with E-state index in [-0.39, 0.29) is 5.69 Å². The largest absolute Gasteiger partial charge is 0.454 e. The Kier molecular flexibility index (Phi) is 2.27. The van der Waals surface area contributed by atoms with Gasteiger partial charge in [-0.3, -0.25) is 4.98 Å². The summed E-state index contributed by atoms with van der Waals surface area (Å²) in [5, 5.41) is 3.64. The van der Waals surface area contributed by atoms with Gasteiger partial charge in [0.1, 0.15) is 11.2 Å². The third-order valence-corrected chi connectivity index (χ3v) is 4.90. The van der Waals surface area contributed by atoms with Crippen molar-refractivity contribution in [1.29, 1.82) is 0 Å². The summed E-state index contributed by atoms with van der Waals surface area (Å²) in [7, 11) is 0. The van der Waals surface area contributed by atoms with Gasteiger partial charge in [0.2, 0.25) is 5.71 Å². The van der Waals surface area contributed by atoms with Gasteiger partial charge >= 0.3 is 0 Å². The molecule has 2 aromatic carbocycles. The van der Waals surface area contributed by atoms with Crippen LogP contribution in [-0.4, -0.2) is 9.97 Å². The van der Waals surface area contributed by atoms with E-state index in [1.165, 1.54) is 6.07 Å². The summed E-state index contributed by atoms with van der Waals surface area (Å²) in [6, 6.07) is 18.9. The van der Waals surface area contributed by atoms with Crippen LogP contribution < -0.4 is 0 Å². The first kappa shape index (κ1) is 11.9. The van der Waals surface area contributed by atoms with Gasteiger partial charge in [0.05, 0.1) is 11.9 Å². The molecule has 0 radical (unpaired) electrons. The Morgan fingerprint density at radius 3 is 2.70 bits per heavy atom. The molecule has 4 heteroatoms. The Bertz CT molecular complexity index is 1600. The van der Waals surface area contributed by atoms with Crippen molar-refractivity contribution in [3.63, 3.8) is 0 Å². The molecule has 0 atom stereocenters. The highest BCUT2D eigenvalue weighted by molar-refractivity contribution is 6.10. The van der Waals surface area contributed by atoms with Gasteiger partial charge in [0.25, 0.3) is 0 Å². The molecule has 4 aromatic heterocycles. The van der Waals surface area contributed by atoms with Crippen molar-refractivity contribution in [2.45, 2.75) is 6.85 Å². The smallest absolute Gasteiger partial charge is 0.227 e. The van der Waals surface area contributed by atoms with Crippen molar-refractivity contribution >= 4 is 44.0 Å². The molecule has 0 saturated carbocycles. The number of hydrogen-bond donors (Lipinski definition) is 0. The molecule has 4 nitrogen and oxygen atoms in total. The molecule has 0 aliphatic heterocycles. The minimum Gasteiger partial charge on any atom is -0.454 e. The number of hydrogen-bond acceptors (Lipinski definition) is 4.